The Morgan fingerprint density at radius 3 is 2.31 bits per heavy atom. The van der Waals surface area contributed by atoms with Crippen molar-refractivity contribution in [2.45, 2.75) is 13.1 Å². The van der Waals surface area contributed by atoms with Crippen molar-refractivity contribution in [2.24, 2.45) is 0 Å². The maximum Gasteiger partial charge on any atom is 0.291 e. The second-order valence-electron chi connectivity index (χ2n) is 6.65. The molecule has 2 aromatic carbocycles. The van der Waals surface area contributed by atoms with Crippen LogP contribution in [0.25, 0.3) is 0 Å². The fourth-order valence-corrected chi connectivity index (χ4v) is 3.58. The maximum atomic E-state index is 5.69. The van der Waals surface area contributed by atoms with Crippen molar-refractivity contribution in [1.82, 2.24) is 9.78 Å². The summed E-state index contributed by atoms with van der Waals surface area (Å²) in [7, 11) is 0. The van der Waals surface area contributed by atoms with E-state index in [1.807, 2.05) is 22.9 Å². The monoisotopic (exact) mass is 367 g/mol. The zero-order valence-corrected chi connectivity index (χ0v) is 15.5. The van der Waals surface area contributed by atoms with E-state index in [9.17, 15) is 0 Å². The predicted octanol–water partition coefficient (Wildman–Crippen LogP) is 2.16. The lowest BCUT2D eigenvalue weighted by Gasteiger charge is -2.33. The van der Waals surface area contributed by atoms with Crippen LogP contribution in [0.15, 0.2) is 65.1 Å². The fourth-order valence-electron chi connectivity index (χ4n) is 3.38. The van der Waals surface area contributed by atoms with Gasteiger partial charge in [0, 0.05) is 5.69 Å². The van der Waals surface area contributed by atoms with Crippen molar-refractivity contribution in [2.75, 3.05) is 31.1 Å². The van der Waals surface area contributed by atoms with Gasteiger partial charge in [-0.25, -0.2) is 0 Å². The molecule has 0 aliphatic carbocycles. The zero-order chi connectivity index (χ0) is 17.8. The van der Waals surface area contributed by atoms with Crippen molar-refractivity contribution < 1.29 is 9.32 Å². The van der Waals surface area contributed by atoms with Crippen LogP contribution in [0.3, 0.4) is 0 Å². The van der Waals surface area contributed by atoms with Crippen LogP contribution in [0.2, 0.25) is 0 Å². The maximum absolute atomic E-state index is 5.69. The molecule has 1 saturated heterocycles. The second kappa shape index (κ2) is 7.85. The lowest BCUT2D eigenvalue weighted by atomic mass is 10.2. The number of rotatable bonds is 5. The number of quaternary nitrogens is 1. The van der Waals surface area contributed by atoms with E-state index in [2.05, 4.69) is 52.5 Å². The van der Waals surface area contributed by atoms with Crippen LogP contribution in [0.5, 0.6) is 0 Å². The second-order valence-corrected chi connectivity index (χ2v) is 7.00. The average molecular weight is 367 g/mol. The standard InChI is InChI=1S/C20H22N4OS/c26-20-24(21-19(25-20)15-17-7-3-1-4-8-17)16-22-11-13-23(14-12-22)18-9-5-2-6-10-18/h1-10H,11-16H2/p+1. The van der Waals surface area contributed by atoms with Crippen LogP contribution >= 0.6 is 12.2 Å². The highest BCUT2D eigenvalue weighted by atomic mass is 32.1. The molecule has 6 heteroatoms. The van der Waals surface area contributed by atoms with Gasteiger partial charge in [0.1, 0.15) is 0 Å². The Balaban J connectivity index is 1.36. The molecular formula is C20H23N4OS+. The van der Waals surface area contributed by atoms with Crippen LogP contribution in [0, 0.1) is 4.84 Å². The molecular weight excluding hydrogens is 344 g/mol. The van der Waals surface area contributed by atoms with Crippen LogP contribution in [-0.4, -0.2) is 36.0 Å². The minimum atomic E-state index is 0.467. The van der Waals surface area contributed by atoms with E-state index in [1.54, 1.807) is 0 Å². The van der Waals surface area contributed by atoms with E-state index >= 15 is 0 Å². The largest absolute Gasteiger partial charge is 0.413 e. The molecule has 134 valence electrons. The number of nitrogens with one attached hydrogen (secondary N) is 1. The SMILES string of the molecule is S=c1oc(Cc2ccccc2)nn1C[NH+]1CCN(c2ccccc2)CC1. The van der Waals surface area contributed by atoms with Crippen LogP contribution in [0.1, 0.15) is 11.5 Å². The summed E-state index contributed by atoms with van der Waals surface area (Å²) in [6.07, 6.45) is 0.675. The van der Waals surface area contributed by atoms with Gasteiger partial charge in [-0.1, -0.05) is 48.5 Å². The first-order valence-corrected chi connectivity index (χ1v) is 9.43. The summed E-state index contributed by atoms with van der Waals surface area (Å²) in [5, 5.41) is 4.59. The Bertz CT molecular complexity index is 883. The summed E-state index contributed by atoms with van der Waals surface area (Å²) in [5.41, 5.74) is 2.48. The number of piperazine rings is 1. The molecule has 5 nitrogen and oxygen atoms in total. The quantitative estimate of drug-likeness (QED) is 0.702. The van der Waals surface area contributed by atoms with Crippen molar-refractivity contribution in [3.8, 4) is 0 Å². The molecule has 0 atom stereocenters. The first-order valence-electron chi connectivity index (χ1n) is 9.02. The summed E-state index contributed by atoms with van der Waals surface area (Å²) >= 11 is 5.37. The smallest absolute Gasteiger partial charge is 0.291 e. The van der Waals surface area contributed by atoms with E-state index in [-0.39, 0.29) is 0 Å². The number of para-hydroxylation sites is 1. The highest BCUT2D eigenvalue weighted by Gasteiger charge is 2.21. The lowest BCUT2D eigenvalue weighted by molar-refractivity contribution is -0.924. The molecule has 1 aromatic heterocycles. The minimum absolute atomic E-state index is 0.467. The molecule has 0 radical (unpaired) electrons. The number of benzene rings is 2. The average Bonchev–Trinajstić information content (AvgIpc) is 3.03. The van der Waals surface area contributed by atoms with Gasteiger partial charge >= 0.3 is 0 Å². The number of aromatic nitrogens is 2. The first kappa shape index (κ1) is 17.0. The summed E-state index contributed by atoms with van der Waals surface area (Å²) in [6, 6.07) is 20.8. The molecule has 0 unspecified atom stereocenters. The van der Waals surface area contributed by atoms with Crippen molar-refractivity contribution in [3.63, 3.8) is 0 Å². The summed E-state index contributed by atoms with van der Waals surface area (Å²) in [5.74, 6) is 0.684. The molecule has 1 fully saturated rings. The highest BCUT2D eigenvalue weighted by molar-refractivity contribution is 7.71. The van der Waals surface area contributed by atoms with Crippen LogP contribution in [-0.2, 0) is 13.1 Å². The normalized spacial score (nSPS) is 15.3. The molecule has 1 aliphatic rings. The highest BCUT2D eigenvalue weighted by Crippen LogP contribution is 2.12. The van der Waals surface area contributed by atoms with E-state index < -0.39 is 0 Å². The lowest BCUT2D eigenvalue weighted by Crippen LogP contribution is -3.14. The Labute approximate surface area is 158 Å². The molecule has 0 spiro atoms. The van der Waals surface area contributed by atoms with Crippen molar-refractivity contribution in [3.05, 3.63) is 77.0 Å². The van der Waals surface area contributed by atoms with Gasteiger partial charge in [-0.05, 0) is 29.9 Å². The molecule has 0 bridgehead atoms. The molecule has 1 N–H and O–H groups in total. The van der Waals surface area contributed by atoms with E-state index in [0.717, 1.165) is 32.8 Å². The number of nitrogens with zero attached hydrogens (tertiary/aromatic N) is 3. The summed E-state index contributed by atoms with van der Waals surface area (Å²) < 4.78 is 7.53. The Kier molecular flexibility index (Phi) is 5.13. The Morgan fingerprint density at radius 2 is 1.62 bits per heavy atom. The van der Waals surface area contributed by atoms with E-state index in [0.29, 0.717) is 17.1 Å². The van der Waals surface area contributed by atoms with Gasteiger partial charge in [-0.2, -0.15) is 4.68 Å². The molecule has 1 aliphatic heterocycles. The van der Waals surface area contributed by atoms with E-state index in [1.165, 1.54) is 16.2 Å². The Hall–Kier alpha value is -2.44. The van der Waals surface area contributed by atoms with Gasteiger partial charge in [0.25, 0.3) is 4.84 Å². The molecule has 0 saturated carbocycles. The fraction of sp³-hybridized carbons (Fsp3) is 0.300. The van der Waals surface area contributed by atoms with Gasteiger partial charge < -0.3 is 14.2 Å². The van der Waals surface area contributed by atoms with Gasteiger partial charge in [0.05, 0.1) is 32.6 Å². The topological polar surface area (TPSA) is 38.6 Å². The third-order valence-electron chi connectivity index (χ3n) is 4.81. The van der Waals surface area contributed by atoms with E-state index in [4.69, 9.17) is 16.6 Å². The Morgan fingerprint density at radius 1 is 0.962 bits per heavy atom. The molecule has 3 aromatic rings. The van der Waals surface area contributed by atoms with Gasteiger partial charge in [0.15, 0.2) is 6.67 Å². The first-order chi connectivity index (χ1) is 12.8. The van der Waals surface area contributed by atoms with Crippen LogP contribution in [0.4, 0.5) is 5.69 Å². The number of hydrogen-bond acceptors (Lipinski definition) is 4. The van der Waals surface area contributed by atoms with Crippen molar-refractivity contribution >= 4 is 17.9 Å². The van der Waals surface area contributed by atoms with Gasteiger partial charge in [-0.15, -0.1) is 5.10 Å². The third kappa shape index (κ3) is 4.03. The van der Waals surface area contributed by atoms with Crippen LogP contribution < -0.4 is 9.80 Å². The molecule has 26 heavy (non-hydrogen) atoms. The number of hydrogen-bond donors (Lipinski definition) is 1. The van der Waals surface area contributed by atoms with Crippen molar-refractivity contribution in [1.29, 1.82) is 0 Å². The molecule has 4 rings (SSSR count). The summed E-state index contributed by atoms with van der Waals surface area (Å²) in [6.45, 7) is 4.98. The number of anilines is 1. The van der Waals surface area contributed by atoms with Gasteiger partial charge in [0.2, 0.25) is 5.89 Å². The summed E-state index contributed by atoms with van der Waals surface area (Å²) in [4.78, 5) is 4.38. The molecule has 2 heterocycles. The minimum Gasteiger partial charge on any atom is -0.413 e. The van der Waals surface area contributed by atoms with Gasteiger partial charge in [-0.3, -0.25) is 0 Å². The predicted molar refractivity (Wildman–Crippen MR) is 104 cm³/mol. The zero-order valence-electron chi connectivity index (χ0n) is 14.7. The molecule has 0 amide bonds. The third-order valence-corrected chi connectivity index (χ3v) is 5.11.